The van der Waals surface area contributed by atoms with Crippen LogP contribution in [0.15, 0.2) is 182 Å². The van der Waals surface area contributed by atoms with Crippen LogP contribution in [-0.4, -0.2) is 37.2 Å². The van der Waals surface area contributed by atoms with Crippen molar-refractivity contribution < 1.29 is 28.6 Å². The van der Waals surface area contributed by atoms with Gasteiger partial charge in [0.15, 0.2) is 6.10 Å². The summed E-state index contributed by atoms with van der Waals surface area (Å²) in [5.74, 6) is -1.04. The molecule has 81 heavy (non-hydrogen) atoms. The highest BCUT2D eigenvalue weighted by Gasteiger charge is 2.19. The topological polar surface area (TPSA) is 78.9 Å². The quantitative estimate of drug-likeness (QED) is 0.0261. The average molecular weight is 1110 g/mol. The normalized spacial score (nSPS) is 13.4. The van der Waals surface area contributed by atoms with Gasteiger partial charge in [0.1, 0.15) is 13.2 Å². The molecule has 0 aliphatic rings. The average Bonchev–Trinajstić information content (AvgIpc) is 3.47. The molecule has 0 bridgehead atoms. The fourth-order valence-corrected chi connectivity index (χ4v) is 8.18. The van der Waals surface area contributed by atoms with Crippen LogP contribution in [0.1, 0.15) is 252 Å². The van der Waals surface area contributed by atoms with Gasteiger partial charge in [-0.15, -0.1) is 0 Å². The van der Waals surface area contributed by atoms with E-state index in [0.717, 1.165) is 135 Å². The van der Waals surface area contributed by atoms with Crippen LogP contribution in [0.2, 0.25) is 0 Å². The summed E-state index contributed by atoms with van der Waals surface area (Å²) < 4.78 is 16.8. The summed E-state index contributed by atoms with van der Waals surface area (Å²) in [5.41, 5.74) is 0. The fraction of sp³-hybridized carbons (Fsp3) is 0.560. The van der Waals surface area contributed by atoms with Crippen molar-refractivity contribution in [1.29, 1.82) is 0 Å². The van der Waals surface area contributed by atoms with E-state index in [9.17, 15) is 14.4 Å². The minimum atomic E-state index is -0.837. The standard InChI is InChI=1S/C75H116O6/c1-4-7-10-13-16-19-22-25-28-31-33-35-36-37-38-40-41-44-47-50-53-56-59-62-65-68-74(77)80-71-72(70-79-73(76)67-64-61-58-55-52-49-46-43-30-27-24-21-18-15-12-9-6-3)81-75(78)69-66-63-60-57-54-51-48-45-42-39-34-32-29-26-23-20-17-14-11-8-5-2/h7-12,16-21,25-30,33-35,39,45-46,48-49,54-55,57-58,72H,4-6,13-15,22-24,31-32,36-38,40-44,47,50-53,56,59-71H2,1-3H3/b10-7-,11-8-,12-9-,19-16-,20-17-,21-18-,28-25-,29-26-,30-27-,35-33-,39-34-,48-45-,49-46-,57-54-,58-55-. The van der Waals surface area contributed by atoms with E-state index in [2.05, 4.69) is 203 Å². The van der Waals surface area contributed by atoms with Crippen LogP contribution in [0.4, 0.5) is 0 Å². The summed E-state index contributed by atoms with van der Waals surface area (Å²) in [5, 5.41) is 0. The second kappa shape index (κ2) is 67.0. The molecule has 0 N–H and O–H groups in total. The van der Waals surface area contributed by atoms with E-state index in [1.165, 1.54) is 64.2 Å². The Kier molecular flexibility index (Phi) is 62.5. The highest BCUT2D eigenvalue weighted by atomic mass is 16.6. The van der Waals surface area contributed by atoms with Gasteiger partial charge in [0.25, 0.3) is 0 Å². The largest absolute Gasteiger partial charge is 0.462 e. The Bertz CT molecular complexity index is 1900. The monoisotopic (exact) mass is 1110 g/mol. The SMILES string of the molecule is CC/C=C\C/C=C\C/C=C\C/C=C\C/C=C\C/C=C\CCCCC(=O)OC(COC(=O)CCC/C=C\C/C=C\C/C=C\C/C=C\C/C=C\CC)COC(=O)CCCCCCCCCCCCCC/C=C\C/C=C\C/C=C\C/C=C\CC. The Morgan fingerprint density at radius 2 is 0.457 bits per heavy atom. The molecule has 0 fully saturated rings. The molecule has 0 aromatic carbocycles. The van der Waals surface area contributed by atoms with Crippen molar-refractivity contribution in [2.45, 2.75) is 258 Å². The van der Waals surface area contributed by atoms with Crippen LogP contribution in [0.25, 0.3) is 0 Å². The van der Waals surface area contributed by atoms with Gasteiger partial charge < -0.3 is 14.2 Å². The van der Waals surface area contributed by atoms with Crippen molar-refractivity contribution in [2.75, 3.05) is 13.2 Å². The lowest BCUT2D eigenvalue weighted by atomic mass is 10.0. The first-order valence-electron chi connectivity index (χ1n) is 32.3. The van der Waals surface area contributed by atoms with Gasteiger partial charge in [0, 0.05) is 19.3 Å². The summed E-state index contributed by atoms with van der Waals surface area (Å²) in [7, 11) is 0. The lowest BCUT2D eigenvalue weighted by Crippen LogP contribution is -2.30. The third-order valence-corrected chi connectivity index (χ3v) is 12.9. The van der Waals surface area contributed by atoms with E-state index in [0.29, 0.717) is 19.3 Å². The first kappa shape index (κ1) is 75.5. The number of unbranched alkanes of at least 4 members (excludes halogenated alkanes) is 15. The molecule has 0 spiro atoms. The molecule has 0 heterocycles. The Morgan fingerprint density at radius 3 is 0.765 bits per heavy atom. The lowest BCUT2D eigenvalue weighted by molar-refractivity contribution is -0.167. The second-order valence-corrected chi connectivity index (χ2v) is 20.5. The van der Waals surface area contributed by atoms with Crippen LogP contribution in [-0.2, 0) is 28.6 Å². The van der Waals surface area contributed by atoms with Gasteiger partial charge in [-0.3, -0.25) is 14.4 Å². The van der Waals surface area contributed by atoms with Gasteiger partial charge in [-0.1, -0.05) is 267 Å². The minimum absolute atomic E-state index is 0.123. The molecule has 1 atom stereocenters. The molecule has 1 unspecified atom stereocenters. The Balaban J connectivity index is 4.53. The van der Waals surface area contributed by atoms with Gasteiger partial charge in [0.05, 0.1) is 0 Å². The zero-order valence-electron chi connectivity index (χ0n) is 51.7. The summed E-state index contributed by atoms with van der Waals surface area (Å²) in [4.78, 5) is 38.3. The number of carbonyl (C=O) groups excluding carboxylic acids is 3. The van der Waals surface area contributed by atoms with Crippen molar-refractivity contribution in [3.8, 4) is 0 Å². The van der Waals surface area contributed by atoms with E-state index in [1.54, 1.807) is 0 Å². The van der Waals surface area contributed by atoms with Gasteiger partial charge >= 0.3 is 17.9 Å². The molecule has 0 aromatic heterocycles. The fourth-order valence-electron chi connectivity index (χ4n) is 8.18. The number of esters is 3. The highest BCUT2D eigenvalue weighted by Crippen LogP contribution is 2.15. The van der Waals surface area contributed by atoms with Crippen LogP contribution in [0, 0.1) is 0 Å². The van der Waals surface area contributed by atoms with E-state index >= 15 is 0 Å². The third-order valence-electron chi connectivity index (χ3n) is 12.9. The molecular weight excluding hydrogens is 997 g/mol. The molecule has 0 aromatic rings. The number of carbonyl (C=O) groups is 3. The lowest BCUT2D eigenvalue weighted by Gasteiger charge is -2.18. The van der Waals surface area contributed by atoms with Crippen molar-refractivity contribution in [3.05, 3.63) is 182 Å². The Hall–Kier alpha value is -5.49. The zero-order chi connectivity index (χ0) is 58.5. The van der Waals surface area contributed by atoms with Gasteiger partial charge in [0.2, 0.25) is 0 Å². The summed E-state index contributed by atoms with van der Waals surface area (Å²) in [6, 6.07) is 0. The molecular formula is C75H116O6. The van der Waals surface area contributed by atoms with Gasteiger partial charge in [-0.05, 0) is 148 Å². The number of hydrogen-bond acceptors (Lipinski definition) is 6. The molecule has 0 amide bonds. The maximum atomic E-state index is 12.9. The summed E-state index contributed by atoms with van der Waals surface area (Å²) in [6.45, 7) is 6.21. The first-order chi connectivity index (χ1) is 40.0. The van der Waals surface area contributed by atoms with Gasteiger partial charge in [-0.25, -0.2) is 0 Å². The molecule has 0 saturated heterocycles. The molecule has 6 nitrogen and oxygen atoms in total. The van der Waals surface area contributed by atoms with Crippen LogP contribution < -0.4 is 0 Å². The summed E-state index contributed by atoms with van der Waals surface area (Å²) >= 11 is 0. The molecule has 0 aliphatic heterocycles. The molecule has 6 heteroatoms. The van der Waals surface area contributed by atoms with Crippen LogP contribution in [0.3, 0.4) is 0 Å². The van der Waals surface area contributed by atoms with Crippen LogP contribution in [0.5, 0.6) is 0 Å². The Morgan fingerprint density at radius 1 is 0.247 bits per heavy atom. The second-order valence-electron chi connectivity index (χ2n) is 20.5. The minimum Gasteiger partial charge on any atom is -0.462 e. The zero-order valence-corrected chi connectivity index (χ0v) is 51.7. The highest BCUT2D eigenvalue weighted by molar-refractivity contribution is 5.71. The predicted molar refractivity (Wildman–Crippen MR) is 352 cm³/mol. The molecule has 452 valence electrons. The third kappa shape index (κ3) is 65.2. The van der Waals surface area contributed by atoms with Crippen LogP contribution >= 0.6 is 0 Å². The molecule has 0 saturated carbocycles. The number of allylic oxidation sites excluding steroid dienone is 30. The van der Waals surface area contributed by atoms with Crippen molar-refractivity contribution in [3.63, 3.8) is 0 Å². The molecule has 0 rings (SSSR count). The van der Waals surface area contributed by atoms with Crippen molar-refractivity contribution >= 4 is 17.9 Å². The molecule has 0 radical (unpaired) electrons. The van der Waals surface area contributed by atoms with E-state index in [-0.39, 0.29) is 44.0 Å². The molecule has 0 aliphatic carbocycles. The number of hydrogen-bond donors (Lipinski definition) is 0. The van der Waals surface area contributed by atoms with E-state index < -0.39 is 6.10 Å². The smallest absolute Gasteiger partial charge is 0.306 e. The van der Waals surface area contributed by atoms with Gasteiger partial charge in [-0.2, -0.15) is 0 Å². The Labute approximate surface area is 497 Å². The summed E-state index contributed by atoms with van der Waals surface area (Å²) in [6.07, 6.45) is 100. The number of rotatable bonds is 56. The maximum Gasteiger partial charge on any atom is 0.306 e. The van der Waals surface area contributed by atoms with E-state index in [1.807, 2.05) is 0 Å². The maximum absolute atomic E-state index is 12.9. The number of ether oxygens (including phenoxy) is 3. The predicted octanol–water partition coefficient (Wildman–Crippen LogP) is 22.4. The first-order valence-corrected chi connectivity index (χ1v) is 32.3. The van der Waals surface area contributed by atoms with Crippen molar-refractivity contribution in [1.82, 2.24) is 0 Å². The van der Waals surface area contributed by atoms with Crippen molar-refractivity contribution in [2.24, 2.45) is 0 Å². The van der Waals surface area contributed by atoms with E-state index in [4.69, 9.17) is 14.2 Å².